The Kier molecular flexibility index (Phi) is 5.90. The van der Waals surface area contributed by atoms with Crippen LogP contribution in [0.2, 0.25) is 0 Å². The molecule has 0 aliphatic carbocycles. The molecule has 30 heavy (non-hydrogen) atoms. The summed E-state index contributed by atoms with van der Waals surface area (Å²) >= 11 is 0. The van der Waals surface area contributed by atoms with Gasteiger partial charge in [0.05, 0.1) is 13.2 Å². The van der Waals surface area contributed by atoms with Crippen molar-refractivity contribution in [3.05, 3.63) is 52.2 Å². The molecule has 0 radical (unpaired) electrons. The molecule has 160 valence electrons. The van der Waals surface area contributed by atoms with E-state index in [0.29, 0.717) is 56.7 Å². The summed E-state index contributed by atoms with van der Waals surface area (Å²) in [6.45, 7) is 9.37. The molecule has 0 bridgehead atoms. The molecule has 2 amide bonds. The topological polar surface area (TPSA) is 75.9 Å². The van der Waals surface area contributed by atoms with Gasteiger partial charge in [-0.15, -0.1) is 0 Å². The van der Waals surface area contributed by atoms with E-state index in [2.05, 4.69) is 4.98 Å². The number of morpholine rings is 1. The van der Waals surface area contributed by atoms with Crippen LogP contribution < -0.4 is 0 Å². The van der Waals surface area contributed by atoms with Crippen LogP contribution in [-0.4, -0.2) is 66.0 Å². The van der Waals surface area contributed by atoms with Crippen LogP contribution in [-0.2, 0) is 4.74 Å². The van der Waals surface area contributed by atoms with E-state index in [9.17, 15) is 9.59 Å². The highest BCUT2D eigenvalue weighted by molar-refractivity contribution is 5.96. The highest BCUT2D eigenvalue weighted by Crippen LogP contribution is 2.30. The van der Waals surface area contributed by atoms with Gasteiger partial charge in [-0.1, -0.05) is 17.7 Å². The van der Waals surface area contributed by atoms with Crippen LogP contribution in [0.1, 0.15) is 62.4 Å². The van der Waals surface area contributed by atoms with Crippen molar-refractivity contribution in [1.29, 1.82) is 0 Å². The second-order valence-corrected chi connectivity index (χ2v) is 8.25. The molecule has 2 fully saturated rings. The molecule has 7 heteroatoms. The number of amides is 2. The van der Waals surface area contributed by atoms with Crippen LogP contribution in [0, 0.1) is 20.8 Å². The van der Waals surface area contributed by atoms with Gasteiger partial charge in [0.25, 0.3) is 11.8 Å². The summed E-state index contributed by atoms with van der Waals surface area (Å²) in [6.07, 6.45) is 1.56. The van der Waals surface area contributed by atoms with E-state index in [4.69, 9.17) is 9.15 Å². The van der Waals surface area contributed by atoms with E-state index < -0.39 is 0 Å². The van der Waals surface area contributed by atoms with Gasteiger partial charge in [0.1, 0.15) is 5.76 Å². The van der Waals surface area contributed by atoms with Crippen molar-refractivity contribution in [3.63, 3.8) is 0 Å². The Labute approximate surface area is 177 Å². The highest BCUT2D eigenvalue weighted by Gasteiger charge is 2.31. The number of aryl methyl sites for hydroxylation is 3. The number of likely N-dealkylation sites (tertiary alicyclic amines) is 1. The van der Waals surface area contributed by atoms with E-state index in [1.54, 1.807) is 11.8 Å². The average Bonchev–Trinajstić information content (AvgIpc) is 3.16. The Balaban J connectivity index is 1.41. The lowest BCUT2D eigenvalue weighted by Crippen LogP contribution is -2.41. The Morgan fingerprint density at radius 2 is 1.63 bits per heavy atom. The van der Waals surface area contributed by atoms with E-state index in [0.717, 1.165) is 29.5 Å². The molecule has 1 aromatic carbocycles. The van der Waals surface area contributed by atoms with Gasteiger partial charge >= 0.3 is 0 Å². The summed E-state index contributed by atoms with van der Waals surface area (Å²) in [5.41, 5.74) is 3.27. The number of carbonyl (C=O) groups is 2. The van der Waals surface area contributed by atoms with Crippen LogP contribution in [0.3, 0.4) is 0 Å². The molecule has 2 aliphatic rings. The zero-order valence-electron chi connectivity index (χ0n) is 17.9. The fourth-order valence-electron chi connectivity index (χ4n) is 4.17. The quantitative estimate of drug-likeness (QED) is 0.776. The average molecular weight is 412 g/mol. The third-order valence-electron chi connectivity index (χ3n) is 6.07. The number of nitrogens with zero attached hydrogens (tertiary/aromatic N) is 3. The number of oxazole rings is 1. The molecule has 7 nitrogen and oxygen atoms in total. The molecule has 4 rings (SSSR count). The molecule has 2 aromatic rings. The smallest absolute Gasteiger partial charge is 0.276 e. The fourth-order valence-corrected chi connectivity index (χ4v) is 4.17. The Morgan fingerprint density at radius 1 is 0.967 bits per heavy atom. The minimum atomic E-state index is -0.0895. The summed E-state index contributed by atoms with van der Waals surface area (Å²) in [7, 11) is 0. The summed E-state index contributed by atoms with van der Waals surface area (Å²) in [4.78, 5) is 34.0. The number of piperidine rings is 1. The number of ether oxygens (including phenoxy) is 1. The van der Waals surface area contributed by atoms with Gasteiger partial charge in [-0.2, -0.15) is 0 Å². The van der Waals surface area contributed by atoms with Crippen LogP contribution in [0.15, 0.2) is 22.6 Å². The van der Waals surface area contributed by atoms with Gasteiger partial charge in [0.2, 0.25) is 0 Å². The van der Waals surface area contributed by atoms with Gasteiger partial charge in [-0.25, -0.2) is 4.98 Å². The number of carbonyl (C=O) groups excluding carboxylic acids is 2. The first kappa shape index (κ1) is 20.6. The number of rotatable bonds is 3. The first-order valence-electron chi connectivity index (χ1n) is 10.6. The maximum absolute atomic E-state index is 13.0. The Hall–Kier alpha value is -2.67. The summed E-state index contributed by atoms with van der Waals surface area (Å²) in [5.74, 6) is 1.30. The van der Waals surface area contributed by atoms with Gasteiger partial charge in [0.15, 0.2) is 11.6 Å². The second kappa shape index (κ2) is 8.60. The van der Waals surface area contributed by atoms with Crippen molar-refractivity contribution >= 4 is 11.8 Å². The van der Waals surface area contributed by atoms with E-state index >= 15 is 0 Å². The van der Waals surface area contributed by atoms with E-state index in [-0.39, 0.29) is 17.7 Å². The molecular weight excluding hydrogens is 382 g/mol. The van der Waals surface area contributed by atoms with Gasteiger partial charge < -0.3 is 19.0 Å². The van der Waals surface area contributed by atoms with Crippen molar-refractivity contribution in [3.8, 4) is 0 Å². The van der Waals surface area contributed by atoms with Gasteiger partial charge in [0, 0.05) is 37.7 Å². The van der Waals surface area contributed by atoms with Crippen molar-refractivity contribution < 1.29 is 18.7 Å². The SMILES string of the molecule is Cc1ccc(C)c(C(=O)N2CCC(c3nc(C(=O)N4CCOCC4)c(C)o3)CC2)c1. The largest absolute Gasteiger partial charge is 0.445 e. The maximum atomic E-state index is 13.0. The summed E-state index contributed by atoms with van der Waals surface area (Å²) in [5, 5.41) is 0. The lowest BCUT2D eigenvalue weighted by Gasteiger charge is -2.31. The number of hydrogen-bond acceptors (Lipinski definition) is 5. The molecule has 2 aliphatic heterocycles. The minimum Gasteiger partial charge on any atom is -0.445 e. The van der Waals surface area contributed by atoms with Crippen molar-refractivity contribution in [2.45, 2.75) is 39.5 Å². The minimum absolute atomic E-state index is 0.0846. The standard InChI is InChI=1S/C23H29N3O4/c1-15-4-5-16(2)19(14-15)22(27)25-8-6-18(7-9-25)21-24-20(17(3)30-21)23(28)26-10-12-29-13-11-26/h4-5,14,18H,6-13H2,1-3H3. The molecule has 0 atom stereocenters. The third kappa shape index (κ3) is 4.12. The molecule has 1 aromatic heterocycles. The van der Waals surface area contributed by atoms with Crippen molar-refractivity contribution in [1.82, 2.24) is 14.8 Å². The number of benzene rings is 1. The van der Waals surface area contributed by atoms with Gasteiger partial charge in [-0.3, -0.25) is 9.59 Å². The number of hydrogen-bond donors (Lipinski definition) is 0. The molecule has 0 saturated carbocycles. The first-order valence-corrected chi connectivity index (χ1v) is 10.6. The maximum Gasteiger partial charge on any atom is 0.276 e. The lowest BCUT2D eigenvalue weighted by molar-refractivity contribution is 0.0298. The van der Waals surface area contributed by atoms with Gasteiger partial charge in [-0.05, 0) is 45.2 Å². The van der Waals surface area contributed by atoms with E-state index in [1.807, 2.05) is 36.9 Å². The van der Waals surface area contributed by atoms with E-state index in [1.165, 1.54) is 0 Å². The molecular formula is C23H29N3O4. The normalized spacial score (nSPS) is 18.0. The summed E-state index contributed by atoms with van der Waals surface area (Å²) < 4.78 is 11.2. The lowest BCUT2D eigenvalue weighted by atomic mass is 9.95. The number of aromatic nitrogens is 1. The fraction of sp³-hybridized carbons (Fsp3) is 0.522. The molecule has 0 spiro atoms. The summed E-state index contributed by atoms with van der Waals surface area (Å²) in [6, 6.07) is 5.99. The zero-order valence-corrected chi connectivity index (χ0v) is 17.9. The van der Waals surface area contributed by atoms with Crippen molar-refractivity contribution in [2.75, 3.05) is 39.4 Å². The third-order valence-corrected chi connectivity index (χ3v) is 6.07. The second-order valence-electron chi connectivity index (χ2n) is 8.25. The van der Waals surface area contributed by atoms with Crippen molar-refractivity contribution in [2.24, 2.45) is 0 Å². The molecule has 3 heterocycles. The van der Waals surface area contributed by atoms with Crippen LogP contribution in [0.25, 0.3) is 0 Å². The zero-order chi connectivity index (χ0) is 21.3. The molecule has 0 N–H and O–H groups in total. The first-order chi connectivity index (χ1) is 14.4. The monoisotopic (exact) mass is 411 g/mol. The predicted octanol–water partition coefficient (Wildman–Crippen LogP) is 3.09. The predicted molar refractivity (Wildman–Crippen MR) is 112 cm³/mol. The molecule has 2 saturated heterocycles. The molecule has 0 unspecified atom stereocenters. The Bertz CT molecular complexity index is 938. The van der Waals surface area contributed by atoms with Crippen LogP contribution in [0.4, 0.5) is 0 Å². The van der Waals surface area contributed by atoms with Crippen LogP contribution >= 0.6 is 0 Å². The Morgan fingerprint density at radius 3 is 2.33 bits per heavy atom. The highest BCUT2D eigenvalue weighted by atomic mass is 16.5. The van der Waals surface area contributed by atoms with Crippen LogP contribution in [0.5, 0.6) is 0 Å².